The molecule has 2 fully saturated rings. The molecule has 0 aromatic heterocycles. The minimum atomic E-state index is 0.217. The monoisotopic (exact) mass is 229 g/mol. The first kappa shape index (κ1) is 11.0. The van der Waals surface area contributed by atoms with Crippen molar-refractivity contribution in [2.45, 2.75) is 45.2 Å². The number of aryl methyl sites for hydroxylation is 1. The molecule has 2 heteroatoms. The van der Waals surface area contributed by atoms with Gasteiger partial charge in [0, 0.05) is 23.6 Å². The second-order valence-corrected chi connectivity index (χ2v) is 5.50. The third kappa shape index (κ3) is 1.71. The van der Waals surface area contributed by atoms with E-state index in [1.54, 1.807) is 0 Å². The van der Waals surface area contributed by atoms with Crippen LogP contribution in [0.4, 0.5) is 0 Å². The first-order valence-electron chi connectivity index (χ1n) is 6.53. The summed E-state index contributed by atoms with van der Waals surface area (Å²) in [5, 5.41) is 3.54. The van der Waals surface area contributed by atoms with Crippen LogP contribution in [0, 0.1) is 19.8 Å². The normalized spacial score (nSPS) is 30.8. The van der Waals surface area contributed by atoms with Crippen LogP contribution in [0.25, 0.3) is 0 Å². The first-order valence-corrected chi connectivity index (χ1v) is 6.53. The fourth-order valence-electron chi connectivity index (χ4n) is 3.33. The summed E-state index contributed by atoms with van der Waals surface area (Å²) in [5.41, 5.74) is 3.30. The van der Waals surface area contributed by atoms with Crippen LogP contribution in [0.2, 0.25) is 0 Å². The summed E-state index contributed by atoms with van der Waals surface area (Å²) in [6, 6.07) is 7.09. The molecule has 17 heavy (non-hydrogen) atoms. The Morgan fingerprint density at radius 1 is 1.29 bits per heavy atom. The van der Waals surface area contributed by atoms with Gasteiger partial charge in [-0.15, -0.1) is 0 Å². The molecule has 2 nitrogen and oxygen atoms in total. The molecule has 2 heterocycles. The summed E-state index contributed by atoms with van der Waals surface area (Å²) >= 11 is 0. The van der Waals surface area contributed by atoms with Gasteiger partial charge in [0.15, 0.2) is 5.78 Å². The second-order valence-electron chi connectivity index (χ2n) is 5.50. The summed E-state index contributed by atoms with van der Waals surface area (Å²) in [6.45, 7) is 4.13. The van der Waals surface area contributed by atoms with Crippen LogP contribution in [0.5, 0.6) is 0 Å². The molecule has 1 aromatic rings. The number of benzene rings is 1. The van der Waals surface area contributed by atoms with E-state index < -0.39 is 0 Å². The van der Waals surface area contributed by atoms with Gasteiger partial charge in [0.1, 0.15) is 0 Å². The Morgan fingerprint density at radius 3 is 2.76 bits per heavy atom. The minimum absolute atomic E-state index is 0.217. The standard InChI is InChI=1S/C15H19NO/c1-9-4-3-5-12(10(9)2)15(17)13-8-11-6-7-14(13)16-11/h3-5,11,13-14,16H,6-8H2,1-2H3. The van der Waals surface area contributed by atoms with Gasteiger partial charge in [-0.05, 0) is 44.2 Å². The molecule has 90 valence electrons. The molecule has 1 aromatic carbocycles. The zero-order chi connectivity index (χ0) is 12.0. The molecule has 3 atom stereocenters. The lowest BCUT2D eigenvalue weighted by Gasteiger charge is -2.20. The van der Waals surface area contributed by atoms with E-state index in [2.05, 4.69) is 25.2 Å². The van der Waals surface area contributed by atoms with Gasteiger partial charge in [0.2, 0.25) is 0 Å². The Hall–Kier alpha value is -1.15. The highest BCUT2D eigenvalue weighted by Crippen LogP contribution is 2.35. The van der Waals surface area contributed by atoms with Gasteiger partial charge in [0.05, 0.1) is 0 Å². The number of rotatable bonds is 2. The smallest absolute Gasteiger partial charge is 0.167 e. The van der Waals surface area contributed by atoms with Crippen LogP contribution < -0.4 is 5.32 Å². The largest absolute Gasteiger partial charge is 0.310 e. The van der Waals surface area contributed by atoms with Crippen molar-refractivity contribution in [2.24, 2.45) is 5.92 Å². The molecular formula is C15H19NO. The highest BCUT2D eigenvalue weighted by atomic mass is 16.1. The van der Waals surface area contributed by atoms with E-state index in [0.29, 0.717) is 17.9 Å². The number of ketones is 1. The molecule has 0 saturated carbocycles. The summed E-state index contributed by atoms with van der Waals surface area (Å²) in [5.74, 6) is 0.570. The molecular weight excluding hydrogens is 210 g/mol. The molecule has 2 aliphatic rings. The third-order valence-electron chi connectivity index (χ3n) is 4.51. The predicted molar refractivity (Wildman–Crippen MR) is 68.3 cm³/mol. The lowest BCUT2D eigenvalue weighted by atomic mass is 9.82. The van der Waals surface area contributed by atoms with Crippen LogP contribution in [0.15, 0.2) is 18.2 Å². The zero-order valence-electron chi connectivity index (χ0n) is 10.5. The third-order valence-corrected chi connectivity index (χ3v) is 4.51. The maximum atomic E-state index is 12.6. The lowest BCUT2D eigenvalue weighted by Crippen LogP contribution is -2.29. The van der Waals surface area contributed by atoms with Crippen molar-refractivity contribution < 1.29 is 4.79 Å². The molecule has 1 N–H and O–H groups in total. The van der Waals surface area contributed by atoms with Crippen molar-refractivity contribution in [3.8, 4) is 0 Å². The second kappa shape index (κ2) is 3.95. The Bertz CT molecular complexity index is 466. The number of hydrogen-bond acceptors (Lipinski definition) is 2. The number of carbonyl (C=O) groups excluding carboxylic acids is 1. The highest BCUT2D eigenvalue weighted by molar-refractivity contribution is 6.00. The average Bonchev–Trinajstić information content (AvgIpc) is 2.94. The maximum absolute atomic E-state index is 12.6. The Labute approximate surface area is 102 Å². The molecule has 0 amide bonds. The summed E-state index contributed by atoms with van der Waals surface area (Å²) < 4.78 is 0. The average molecular weight is 229 g/mol. The van der Waals surface area contributed by atoms with Crippen molar-refractivity contribution in [1.29, 1.82) is 0 Å². The number of nitrogens with one attached hydrogen (secondary N) is 1. The zero-order valence-corrected chi connectivity index (χ0v) is 10.5. The summed E-state index contributed by atoms with van der Waals surface area (Å²) in [6.07, 6.45) is 3.46. The van der Waals surface area contributed by atoms with Crippen LogP contribution in [0.3, 0.4) is 0 Å². The lowest BCUT2D eigenvalue weighted by molar-refractivity contribution is 0.0900. The molecule has 0 spiro atoms. The highest BCUT2D eigenvalue weighted by Gasteiger charge is 2.43. The molecule has 2 aliphatic heterocycles. The number of fused-ring (bicyclic) bond motifs is 2. The van der Waals surface area contributed by atoms with Gasteiger partial charge in [-0.2, -0.15) is 0 Å². The summed E-state index contributed by atoms with van der Waals surface area (Å²) in [7, 11) is 0. The Balaban J connectivity index is 1.89. The molecule has 3 rings (SSSR count). The fraction of sp³-hybridized carbons (Fsp3) is 0.533. The predicted octanol–water partition coefficient (Wildman–Crippen LogP) is 2.63. The molecule has 0 aliphatic carbocycles. The molecule has 0 radical (unpaired) electrons. The minimum Gasteiger partial charge on any atom is -0.310 e. The number of Topliss-reactive ketones (excluding diaryl/α,β-unsaturated/α-hetero) is 1. The Morgan fingerprint density at radius 2 is 2.12 bits per heavy atom. The van der Waals surface area contributed by atoms with E-state index in [-0.39, 0.29) is 5.92 Å². The maximum Gasteiger partial charge on any atom is 0.167 e. The van der Waals surface area contributed by atoms with E-state index in [0.717, 1.165) is 17.5 Å². The Kier molecular flexibility index (Phi) is 2.55. The van der Waals surface area contributed by atoms with Gasteiger partial charge >= 0.3 is 0 Å². The van der Waals surface area contributed by atoms with E-state index in [9.17, 15) is 4.79 Å². The van der Waals surface area contributed by atoms with Crippen molar-refractivity contribution in [3.05, 3.63) is 34.9 Å². The molecule has 3 unspecified atom stereocenters. The topological polar surface area (TPSA) is 29.1 Å². The van der Waals surface area contributed by atoms with Gasteiger partial charge in [-0.3, -0.25) is 4.79 Å². The SMILES string of the molecule is Cc1cccc(C(=O)C2CC3CCC2N3)c1C. The van der Waals surface area contributed by atoms with Gasteiger partial charge in [0.25, 0.3) is 0 Å². The van der Waals surface area contributed by atoms with E-state index in [1.807, 2.05) is 12.1 Å². The summed E-state index contributed by atoms with van der Waals surface area (Å²) in [4.78, 5) is 12.6. The van der Waals surface area contributed by atoms with Crippen LogP contribution in [0.1, 0.15) is 40.7 Å². The molecule has 2 saturated heterocycles. The van der Waals surface area contributed by atoms with E-state index in [4.69, 9.17) is 0 Å². The quantitative estimate of drug-likeness (QED) is 0.790. The first-order chi connectivity index (χ1) is 8.16. The van der Waals surface area contributed by atoms with Gasteiger partial charge < -0.3 is 5.32 Å². The van der Waals surface area contributed by atoms with Crippen molar-refractivity contribution in [3.63, 3.8) is 0 Å². The number of carbonyl (C=O) groups is 1. The fourth-order valence-corrected chi connectivity index (χ4v) is 3.33. The van der Waals surface area contributed by atoms with Crippen LogP contribution in [-0.2, 0) is 0 Å². The number of hydrogen-bond donors (Lipinski definition) is 1. The van der Waals surface area contributed by atoms with Crippen molar-refractivity contribution in [2.75, 3.05) is 0 Å². The molecule has 2 bridgehead atoms. The van der Waals surface area contributed by atoms with E-state index >= 15 is 0 Å². The van der Waals surface area contributed by atoms with E-state index in [1.165, 1.54) is 18.4 Å². The van der Waals surface area contributed by atoms with Crippen molar-refractivity contribution in [1.82, 2.24) is 5.32 Å². The van der Waals surface area contributed by atoms with Crippen LogP contribution in [-0.4, -0.2) is 17.9 Å². The van der Waals surface area contributed by atoms with Crippen molar-refractivity contribution >= 4 is 5.78 Å². The van der Waals surface area contributed by atoms with Crippen LogP contribution >= 0.6 is 0 Å². The van der Waals surface area contributed by atoms with Gasteiger partial charge in [-0.25, -0.2) is 0 Å². The van der Waals surface area contributed by atoms with Gasteiger partial charge in [-0.1, -0.05) is 18.2 Å².